The summed E-state index contributed by atoms with van der Waals surface area (Å²) in [6.45, 7) is 3.63. The van der Waals surface area contributed by atoms with Crippen molar-refractivity contribution in [2.24, 2.45) is 0 Å². The molecule has 0 bridgehead atoms. The quantitative estimate of drug-likeness (QED) is 0.465. The van der Waals surface area contributed by atoms with E-state index in [9.17, 15) is 10.1 Å². The molecule has 0 radical (unpaired) electrons. The standard InChI is InChI=1S/C16H16ClN3O3S/c1-9-7-14(20(21)22)15(23-3)8-13(9)19-16(24)18-12-6-4-5-11(17)10(12)2/h4-8H,1-3H3,(H2,18,19,24). The number of aryl methyl sites for hydroxylation is 1. The van der Waals surface area contributed by atoms with Gasteiger partial charge in [-0.15, -0.1) is 0 Å². The van der Waals surface area contributed by atoms with E-state index in [4.69, 9.17) is 28.6 Å². The summed E-state index contributed by atoms with van der Waals surface area (Å²) in [7, 11) is 1.38. The van der Waals surface area contributed by atoms with Crippen molar-refractivity contribution in [1.29, 1.82) is 0 Å². The highest BCUT2D eigenvalue weighted by Gasteiger charge is 2.18. The maximum absolute atomic E-state index is 11.0. The molecule has 0 aliphatic carbocycles. The fourth-order valence-corrected chi connectivity index (χ4v) is 2.53. The van der Waals surface area contributed by atoms with Gasteiger partial charge in [0.2, 0.25) is 0 Å². The molecule has 0 amide bonds. The van der Waals surface area contributed by atoms with Gasteiger partial charge in [-0.3, -0.25) is 10.1 Å². The third-order valence-corrected chi connectivity index (χ3v) is 4.10. The predicted molar refractivity (Wildman–Crippen MR) is 100 cm³/mol. The molecule has 0 aliphatic heterocycles. The summed E-state index contributed by atoms with van der Waals surface area (Å²) in [5, 5.41) is 18.1. The number of methoxy groups -OCH3 is 1. The highest BCUT2D eigenvalue weighted by Crippen LogP contribution is 2.33. The lowest BCUT2D eigenvalue weighted by Gasteiger charge is -2.15. The Balaban J connectivity index is 2.23. The van der Waals surface area contributed by atoms with Crippen molar-refractivity contribution >= 4 is 46.0 Å². The smallest absolute Gasteiger partial charge is 0.311 e. The lowest BCUT2D eigenvalue weighted by atomic mass is 10.1. The Morgan fingerprint density at radius 3 is 2.54 bits per heavy atom. The minimum Gasteiger partial charge on any atom is -0.490 e. The fraction of sp³-hybridized carbons (Fsp3) is 0.188. The summed E-state index contributed by atoms with van der Waals surface area (Å²) in [4.78, 5) is 10.5. The summed E-state index contributed by atoms with van der Waals surface area (Å²) in [6, 6.07) is 8.46. The van der Waals surface area contributed by atoms with Gasteiger partial charge in [0.05, 0.1) is 12.0 Å². The van der Waals surface area contributed by atoms with Crippen LogP contribution in [0, 0.1) is 24.0 Å². The van der Waals surface area contributed by atoms with E-state index >= 15 is 0 Å². The van der Waals surface area contributed by atoms with Crippen LogP contribution in [0.2, 0.25) is 5.02 Å². The normalized spacial score (nSPS) is 10.2. The second-order valence-electron chi connectivity index (χ2n) is 5.09. The zero-order chi connectivity index (χ0) is 17.9. The van der Waals surface area contributed by atoms with E-state index in [1.807, 2.05) is 19.1 Å². The lowest BCUT2D eigenvalue weighted by molar-refractivity contribution is -0.385. The van der Waals surface area contributed by atoms with Crippen LogP contribution < -0.4 is 15.4 Å². The van der Waals surface area contributed by atoms with Gasteiger partial charge >= 0.3 is 5.69 Å². The molecule has 6 nitrogen and oxygen atoms in total. The van der Waals surface area contributed by atoms with E-state index in [2.05, 4.69) is 10.6 Å². The van der Waals surface area contributed by atoms with Gasteiger partial charge in [-0.05, 0) is 49.3 Å². The van der Waals surface area contributed by atoms with Crippen LogP contribution in [0.15, 0.2) is 30.3 Å². The van der Waals surface area contributed by atoms with Gasteiger partial charge in [-0.2, -0.15) is 0 Å². The predicted octanol–water partition coefficient (Wildman–Crippen LogP) is 4.68. The second kappa shape index (κ2) is 7.46. The van der Waals surface area contributed by atoms with E-state index in [0.717, 1.165) is 11.3 Å². The van der Waals surface area contributed by atoms with Gasteiger partial charge in [0.25, 0.3) is 0 Å². The van der Waals surface area contributed by atoms with Gasteiger partial charge in [-0.25, -0.2) is 0 Å². The molecular weight excluding hydrogens is 350 g/mol. The number of nitro benzene ring substituents is 1. The number of hydrogen-bond donors (Lipinski definition) is 2. The van der Waals surface area contributed by atoms with Crippen molar-refractivity contribution in [3.05, 3.63) is 56.6 Å². The molecule has 0 heterocycles. The molecule has 8 heteroatoms. The first-order valence-corrected chi connectivity index (χ1v) is 7.78. The minimum atomic E-state index is -0.485. The van der Waals surface area contributed by atoms with Crippen molar-refractivity contribution in [2.45, 2.75) is 13.8 Å². The number of thiocarbonyl (C=S) groups is 1. The second-order valence-corrected chi connectivity index (χ2v) is 5.90. The van der Waals surface area contributed by atoms with E-state index in [1.165, 1.54) is 13.2 Å². The van der Waals surface area contributed by atoms with Crippen LogP contribution in [-0.2, 0) is 0 Å². The van der Waals surface area contributed by atoms with Crippen molar-refractivity contribution in [3.63, 3.8) is 0 Å². The van der Waals surface area contributed by atoms with Gasteiger partial charge in [-0.1, -0.05) is 17.7 Å². The van der Waals surface area contributed by atoms with E-state index in [1.54, 1.807) is 19.1 Å². The minimum absolute atomic E-state index is 0.0925. The van der Waals surface area contributed by atoms with Gasteiger partial charge < -0.3 is 15.4 Å². The largest absolute Gasteiger partial charge is 0.490 e. The van der Waals surface area contributed by atoms with Gasteiger partial charge in [0, 0.05) is 28.5 Å². The van der Waals surface area contributed by atoms with Crippen LogP contribution in [0.5, 0.6) is 5.75 Å². The Morgan fingerprint density at radius 1 is 1.25 bits per heavy atom. The van der Waals surface area contributed by atoms with Crippen molar-refractivity contribution < 1.29 is 9.66 Å². The monoisotopic (exact) mass is 365 g/mol. The summed E-state index contributed by atoms with van der Waals surface area (Å²) in [5.74, 6) is 0.162. The van der Waals surface area contributed by atoms with Crippen LogP contribution in [0.25, 0.3) is 0 Å². The molecule has 2 aromatic carbocycles. The number of ether oxygens (including phenoxy) is 1. The number of rotatable bonds is 4. The first kappa shape index (κ1) is 18.0. The van der Waals surface area contributed by atoms with Crippen LogP contribution in [0.3, 0.4) is 0 Å². The third-order valence-electron chi connectivity index (χ3n) is 3.49. The molecule has 0 spiro atoms. The van der Waals surface area contributed by atoms with E-state index in [-0.39, 0.29) is 11.4 Å². The van der Waals surface area contributed by atoms with Crippen molar-refractivity contribution in [3.8, 4) is 5.75 Å². The van der Waals surface area contributed by atoms with E-state index in [0.29, 0.717) is 21.4 Å². The van der Waals surface area contributed by atoms with Crippen LogP contribution in [-0.4, -0.2) is 17.1 Å². The van der Waals surface area contributed by atoms with Crippen LogP contribution in [0.1, 0.15) is 11.1 Å². The Labute approximate surface area is 149 Å². The maximum atomic E-state index is 11.0. The fourth-order valence-electron chi connectivity index (χ4n) is 2.13. The average molecular weight is 366 g/mol. The Hall–Kier alpha value is -2.38. The summed E-state index contributed by atoms with van der Waals surface area (Å²) < 4.78 is 5.07. The van der Waals surface area contributed by atoms with E-state index < -0.39 is 4.92 Å². The third kappa shape index (κ3) is 3.93. The topological polar surface area (TPSA) is 76.4 Å². The summed E-state index contributed by atoms with van der Waals surface area (Å²) >= 11 is 11.4. The zero-order valence-electron chi connectivity index (χ0n) is 13.3. The number of benzene rings is 2. The number of hydrogen-bond acceptors (Lipinski definition) is 4. The molecule has 2 N–H and O–H groups in total. The SMILES string of the molecule is COc1cc(NC(=S)Nc2cccc(Cl)c2C)c(C)cc1[N+](=O)[O-]. The van der Waals surface area contributed by atoms with Crippen LogP contribution >= 0.6 is 23.8 Å². The average Bonchev–Trinajstić information content (AvgIpc) is 2.53. The lowest BCUT2D eigenvalue weighted by Crippen LogP contribution is -2.20. The first-order valence-electron chi connectivity index (χ1n) is 6.99. The summed E-state index contributed by atoms with van der Waals surface area (Å²) in [5.41, 5.74) is 2.86. The molecule has 126 valence electrons. The molecule has 0 aliphatic rings. The van der Waals surface area contributed by atoms with Crippen molar-refractivity contribution in [2.75, 3.05) is 17.7 Å². The molecule has 2 aromatic rings. The highest BCUT2D eigenvalue weighted by atomic mass is 35.5. The molecule has 2 rings (SSSR count). The molecule has 0 atom stereocenters. The zero-order valence-corrected chi connectivity index (χ0v) is 14.9. The molecule has 0 unspecified atom stereocenters. The number of nitrogens with zero attached hydrogens (tertiary/aromatic N) is 1. The maximum Gasteiger partial charge on any atom is 0.311 e. The Kier molecular flexibility index (Phi) is 5.58. The molecule has 0 saturated carbocycles. The number of nitro groups is 1. The molecular formula is C16H16ClN3O3S. The molecule has 0 fully saturated rings. The van der Waals surface area contributed by atoms with Gasteiger partial charge in [0.1, 0.15) is 0 Å². The molecule has 24 heavy (non-hydrogen) atoms. The van der Waals surface area contributed by atoms with Crippen LogP contribution in [0.4, 0.5) is 17.1 Å². The number of halogens is 1. The Morgan fingerprint density at radius 2 is 1.92 bits per heavy atom. The molecule has 0 aromatic heterocycles. The van der Waals surface area contributed by atoms with Crippen molar-refractivity contribution in [1.82, 2.24) is 0 Å². The number of nitrogens with one attached hydrogen (secondary N) is 2. The highest BCUT2D eigenvalue weighted by molar-refractivity contribution is 7.80. The molecule has 0 saturated heterocycles. The summed E-state index contributed by atoms with van der Waals surface area (Å²) in [6.07, 6.45) is 0. The number of anilines is 2. The van der Waals surface area contributed by atoms with Gasteiger partial charge in [0.15, 0.2) is 10.9 Å². The first-order chi connectivity index (χ1) is 11.3. The Bertz CT molecular complexity index is 811.